The number of amides is 1. The number of hydrogen-bond donors (Lipinski definition) is 1. The summed E-state index contributed by atoms with van der Waals surface area (Å²) in [6.45, 7) is 3.59. The van der Waals surface area contributed by atoms with Crippen molar-refractivity contribution in [1.29, 1.82) is 0 Å². The summed E-state index contributed by atoms with van der Waals surface area (Å²) >= 11 is 0. The molecule has 0 saturated carbocycles. The minimum Gasteiger partial charge on any atom is -0.465 e. The van der Waals surface area contributed by atoms with E-state index >= 15 is 0 Å². The first kappa shape index (κ1) is 9.94. The van der Waals surface area contributed by atoms with Gasteiger partial charge in [-0.2, -0.15) is 0 Å². The zero-order valence-corrected chi connectivity index (χ0v) is 6.72. The number of ether oxygens (including phenoxy) is 1. The Morgan fingerprint density at radius 3 is 2.64 bits per heavy atom. The predicted octanol–water partition coefficient (Wildman–Crippen LogP) is -0.110. The minimum atomic E-state index is -0.414. The van der Waals surface area contributed by atoms with Gasteiger partial charge in [-0.1, -0.05) is 6.92 Å². The van der Waals surface area contributed by atoms with E-state index in [0.29, 0.717) is 6.61 Å². The van der Waals surface area contributed by atoms with Crippen LogP contribution >= 0.6 is 0 Å². The highest BCUT2D eigenvalue weighted by molar-refractivity contribution is 5.87. The van der Waals surface area contributed by atoms with Crippen LogP contribution in [0.2, 0.25) is 0 Å². The maximum Gasteiger partial charge on any atom is 0.325 e. The number of esters is 1. The molecule has 0 unspecified atom stereocenters. The Balaban J connectivity index is 3.38. The average molecular weight is 158 g/mol. The summed E-state index contributed by atoms with van der Waals surface area (Å²) in [5.41, 5.74) is 0. The fraction of sp³-hybridized carbons (Fsp3) is 0.571. The first-order chi connectivity index (χ1) is 5.20. The molecular formula is C7H12NO3. The molecule has 11 heavy (non-hydrogen) atoms. The summed E-state index contributed by atoms with van der Waals surface area (Å²) in [5.74, 6) is -0.680. The van der Waals surface area contributed by atoms with Crippen LogP contribution in [-0.2, 0) is 14.3 Å². The Morgan fingerprint density at radius 1 is 1.55 bits per heavy atom. The van der Waals surface area contributed by atoms with E-state index in [-0.39, 0.29) is 12.5 Å². The summed E-state index contributed by atoms with van der Waals surface area (Å²) in [5, 5.41) is 2.35. The maximum atomic E-state index is 10.6. The Bertz CT molecular complexity index is 145. The molecule has 0 aromatic carbocycles. The van der Waals surface area contributed by atoms with Gasteiger partial charge in [0.1, 0.15) is 6.54 Å². The van der Waals surface area contributed by atoms with Crippen molar-refractivity contribution in [1.82, 2.24) is 5.32 Å². The van der Waals surface area contributed by atoms with Crippen LogP contribution in [0.15, 0.2) is 0 Å². The van der Waals surface area contributed by atoms with Crippen molar-refractivity contribution in [2.45, 2.75) is 13.8 Å². The molecule has 63 valence electrons. The predicted molar refractivity (Wildman–Crippen MR) is 39.6 cm³/mol. The van der Waals surface area contributed by atoms with E-state index in [1.807, 2.05) is 0 Å². The molecule has 0 aliphatic carbocycles. The number of hydrogen-bond acceptors (Lipinski definition) is 3. The highest BCUT2D eigenvalue weighted by Crippen LogP contribution is 1.77. The summed E-state index contributed by atoms with van der Waals surface area (Å²) in [7, 11) is 0. The van der Waals surface area contributed by atoms with E-state index in [2.05, 4.69) is 10.1 Å². The normalized spacial score (nSPS) is 8.91. The summed E-state index contributed by atoms with van der Waals surface area (Å²) in [6, 6.07) is 0. The van der Waals surface area contributed by atoms with Gasteiger partial charge in [-0.25, -0.2) is 0 Å². The third-order valence-electron chi connectivity index (χ3n) is 0.974. The molecule has 1 amide bonds. The SMILES string of the molecule is C[CH]C(=O)NCC(=O)OCC. The lowest BCUT2D eigenvalue weighted by atomic mass is 10.4. The van der Waals surface area contributed by atoms with Gasteiger partial charge < -0.3 is 10.1 Å². The lowest BCUT2D eigenvalue weighted by molar-refractivity contribution is -0.143. The van der Waals surface area contributed by atoms with Crippen LogP contribution in [0.1, 0.15) is 13.8 Å². The molecule has 0 aliphatic heterocycles. The third kappa shape index (κ3) is 5.39. The summed E-state index contributed by atoms with van der Waals surface area (Å²) in [4.78, 5) is 21.2. The van der Waals surface area contributed by atoms with Crippen molar-refractivity contribution in [3.05, 3.63) is 6.42 Å². The highest BCUT2D eigenvalue weighted by Gasteiger charge is 2.02. The van der Waals surface area contributed by atoms with E-state index in [1.54, 1.807) is 13.8 Å². The second-order valence-corrected chi connectivity index (χ2v) is 1.81. The van der Waals surface area contributed by atoms with Crippen molar-refractivity contribution in [3.8, 4) is 0 Å². The molecule has 0 aromatic rings. The molecule has 0 aromatic heterocycles. The van der Waals surface area contributed by atoms with E-state index in [0.717, 1.165) is 0 Å². The Kier molecular flexibility index (Phi) is 5.15. The first-order valence-corrected chi connectivity index (χ1v) is 3.43. The molecule has 0 atom stereocenters. The quantitative estimate of drug-likeness (QED) is 0.581. The molecule has 0 aliphatic rings. The molecule has 4 nitrogen and oxygen atoms in total. The minimum absolute atomic E-state index is 0.0585. The van der Waals surface area contributed by atoms with Gasteiger partial charge in [-0.3, -0.25) is 9.59 Å². The van der Waals surface area contributed by atoms with Gasteiger partial charge in [-0.05, 0) is 6.92 Å². The van der Waals surface area contributed by atoms with Crippen molar-refractivity contribution >= 4 is 11.9 Å². The van der Waals surface area contributed by atoms with Gasteiger partial charge in [-0.15, -0.1) is 0 Å². The topological polar surface area (TPSA) is 55.4 Å². The molecule has 4 heteroatoms. The zero-order chi connectivity index (χ0) is 8.69. The summed E-state index contributed by atoms with van der Waals surface area (Å²) in [6.07, 6.45) is 1.35. The van der Waals surface area contributed by atoms with E-state index in [9.17, 15) is 9.59 Å². The van der Waals surface area contributed by atoms with Crippen LogP contribution < -0.4 is 5.32 Å². The van der Waals surface area contributed by atoms with E-state index in [4.69, 9.17) is 0 Å². The summed E-state index contributed by atoms with van der Waals surface area (Å²) < 4.78 is 4.57. The van der Waals surface area contributed by atoms with Crippen LogP contribution in [0, 0.1) is 6.42 Å². The fourth-order valence-corrected chi connectivity index (χ4v) is 0.473. The van der Waals surface area contributed by atoms with Crippen molar-refractivity contribution in [2.24, 2.45) is 0 Å². The van der Waals surface area contributed by atoms with Gasteiger partial charge in [0, 0.05) is 6.42 Å². The Hall–Kier alpha value is -1.06. The number of rotatable bonds is 4. The van der Waals surface area contributed by atoms with Gasteiger partial charge in [0.25, 0.3) is 0 Å². The number of nitrogens with one attached hydrogen (secondary N) is 1. The van der Waals surface area contributed by atoms with Crippen LogP contribution in [0.25, 0.3) is 0 Å². The van der Waals surface area contributed by atoms with Crippen molar-refractivity contribution in [3.63, 3.8) is 0 Å². The molecule has 0 rings (SSSR count). The highest BCUT2D eigenvalue weighted by atomic mass is 16.5. The van der Waals surface area contributed by atoms with Crippen LogP contribution in [0.4, 0.5) is 0 Å². The lowest BCUT2D eigenvalue weighted by Crippen LogP contribution is -2.30. The smallest absolute Gasteiger partial charge is 0.325 e. The Morgan fingerprint density at radius 2 is 2.18 bits per heavy atom. The van der Waals surface area contributed by atoms with Gasteiger partial charge in [0.2, 0.25) is 5.91 Å². The van der Waals surface area contributed by atoms with Gasteiger partial charge in [0.15, 0.2) is 0 Å². The fourth-order valence-electron chi connectivity index (χ4n) is 0.473. The molecule has 1 radical (unpaired) electrons. The van der Waals surface area contributed by atoms with Crippen LogP contribution in [0.5, 0.6) is 0 Å². The molecule has 1 N–H and O–H groups in total. The second-order valence-electron chi connectivity index (χ2n) is 1.81. The standard InChI is InChI=1S/C7H12NO3/c1-3-6(9)8-5-7(10)11-4-2/h3H,4-5H2,1-2H3,(H,8,9). The van der Waals surface area contributed by atoms with Crippen molar-refractivity contribution in [2.75, 3.05) is 13.2 Å². The monoisotopic (exact) mass is 158 g/mol. The molecule has 0 heterocycles. The van der Waals surface area contributed by atoms with Crippen LogP contribution in [0.3, 0.4) is 0 Å². The zero-order valence-electron chi connectivity index (χ0n) is 6.72. The maximum absolute atomic E-state index is 10.6. The third-order valence-corrected chi connectivity index (χ3v) is 0.974. The molecule has 0 bridgehead atoms. The second kappa shape index (κ2) is 5.70. The lowest BCUT2D eigenvalue weighted by Gasteiger charge is -2.01. The van der Waals surface area contributed by atoms with Gasteiger partial charge in [0.05, 0.1) is 6.61 Å². The van der Waals surface area contributed by atoms with Gasteiger partial charge >= 0.3 is 5.97 Å². The van der Waals surface area contributed by atoms with Crippen molar-refractivity contribution < 1.29 is 14.3 Å². The molecule has 0 spiro atoms. The van der Waals surface area contributed by atoms with E-state index in [1.165, 1.54) is 6.42 Å². The molecular weight excluding hydrogens is 146 g/mol. The van der Waals surface area contributed by atoms with E-state index < -0.39 is 5.97 Å². The average Bonchev–Trinajstić information content (AvgIpc) is 2.01. The first-order valence-electron chi connectivity index (χ1n) is 3.43. The largest absolute Gasteiger partial charge is 0.465 e. The number of carbonyl (C=O) groups is 2. The van der Waals surface area contributed by atoms with Crippen LogP contribution in [-0.4, -0.2) is 25.0 Å². The molecule has 0 fully saturated rings. The number of carbonyl (C=O) groups excluding carboxylic acids is 2. The molecule has 0 saturated heterocycles. The Labute approximate surface area is 65.9 Å².